The van der Waals surface area contributed by atoms with Crippen molar-refractivity contribution >= 4 is 11.8 Å². The fraction of sp³-hybridized carbons (Fsp3) is 0.333. The maximum absolute atomic E-state index is 12.4. The van der Waals surface area contributed by atoms with E-state index in [-0.39, 0.29) is 13.2 Å². The number of hydrogen-bond acceptors (Lipinski definition) is 7. The van der Waals surface area contributed by atoms with Gasteiger partial charge in [-0.3, -0.25) is 0 Å². The van der Waals surface area contributed by atoms with Crippen LogP contribution in [0.15, 0.2) is 170 Å². The van der Waals surface area contributed by atoms with Crippen LogP contribution in [0.1, 0.15) is 44.5 Å². The molecule has 0 radical (unpaired) electrons. The van der Waals surface area contributed by atoms with Gasteiger partial charge in [-0.25, -0.2) is 8.78 Å². The van der Waals surface area contributed by atoms with Gasteiger partial charge in [0, 0.05) is 0 Å². The van der Waals surface area contributed by atoms with Gasteiger partial charge in [0.15, 0.2) is 0 Å². The van der Waals surface area contributed by atoms with Crippen molar-refractivity contribution in [2.75, 3.05) is 92.6 Å². The van der Waals surface area contributed by atoms with Crippen molar-refractivity contribution in [3.05, 3.63) is 214 Å². The lowest BCUT2D eigenvalue weighted by Gasteiger charge is -2.46. The first-order chi connectivity index (χ1) is 31.2. The average molecular weight is 875 g/mol. The Hall–Kier alpha value is -4.71. The van der Waals surface area contributed by atoms with E-state index in [1.54, 1.807) is 0 Å². The number of rotatable bonds is 30. The van der Waals surface area contributed by atoms with Crippen LogP contribution < -0.4 is 0 Å². The minimum atomic E-state index is -0.748. The predicted molar refractivity (Wildman–Crippen MR) is 250 cm³/mol. The minimum Gasteiger partial charge on any atom is -0.379 e. The van der Waals surface area contributed by atoms with Gasteiger partial charge in [0.05, 0.1) is 88.8 Å². The van der Waals surface area contributed by atoms with Crippen molar-refractivity contribution in [1.82, 2.24) is 0 Å². The molecule has 0 atom stereocenters. The molecule has 0 saturated carbocycles. The summed E-state index contributed by atoms with van der Waals surface area (Å²) in [5, 5.41) is 0. The van der Waals surface area contributed by atoms with E-state index in [1.165, 1.54) is 22.3 Å². The summed E-state index contributed by atoms with van der Waals surface area (Å²) in [6, 6.07) is 61.1. The van der Waals surface area contributed by atoms with Gasteiger partial charge in [-0.05, 0) is 57.3 Å². The van der Waals surface area contributed by atoms with E-state index >= 15 is 0 Å². The molecule has 0 aliphatic carbocycles. The third-order valence-electron chi connectivity index (χ3n) is 10.8. The fourth-order valence-electron chi connectivity index (χ4n) is 7.94. The molecule has 0 aromatic heterocycles. The highest BCUT2D eigenvalue weighted by molar-refractivity contribution is 8.02. The standard InChI is InChI=1S/C54H60F2O6S/c55-31-35-59-39-43-61-41-37-57-33-29-45-17-13-15-27-51(45)53(47-19-5-1-6-20-47,48-21-7-2-8-22-48)63-54(49-23-9-3-10-24-49,50-25-11-4-12-26-50)52-28-16-14-18-46(52)30-34-58-38-42-62-44-40-60-36-32-56/h1-28H,29-44H2. The van der Waals surface area contributed by atoms with Crippen LogP contribution in [0.25, 0.3) is 0 Å². The van der Waals surface area contributed by atoms with E-state index in [0.29, 0.717) is 78.9 Å². The topological polar surface area (TPSA) is 55.4 Å². The third-order valence-corrected chi connectivity index (χ3v) is 12.8. The van der Waals surface area contributed by atoms with E-state index in [9.17, 15) is 8.78 Å². The average Bonchev–Trinajstić information content (AvgIpc) is 3.35. The molecule has 6 aromatic rings. The molecule has 0 fully saturated rings. The van der Waals surface area contributed by atoms with Gasteiger partial charge < -0.3 is 28.4 Å². The molecule has 0 aliphatic heterocycles. The van der Waals surface area contributed by atoms with E-state index in [1.807, 2.05) is 11.8 Å². The van der Waals surface area contributed by atoms with Crippen LogP contribution in [0.5, 0.6) is 0 Å². The summed E-state index contributed by atoms with van der Waals surface area (Å²) in [5.74, 6) is 0. The van der Waals surface area contributed by atoms with Gasteiger partial charge in [0.1, 0.15) is 13.3 Å². The molecule has 6 aromatic carbocycles. The highest BCUT2D eigenvalue weighted by atomic mass is 32.2. The summed E-state index contributed by atoms with van der Waals surface area (Å²) in [6.45, 7) is 3.46. The van der Waals surface area contributed by atoms with Crippen molar-refractivity contribution < 1.29 is 37.2 Å². The molecule has 63 heavy (non-hydrogen) atoms. The van der Waals surface area contributed by atoms with E-state index in [2.05, 4.69) is 170 Å². The van der Waals surface area contributed by atoms with Crippen molar-refractivity contribution in [3.8, 4) is 0 Å². The number of hydrogen-bond donors (Lipinski definition) is 0. The first-order valence-corrected chi connectivity index (χ1v) is 22.7. The highest BCUT2D eigenvalue weighted by Crippen LogP contribution is 2.62. The molecular weight excluding hydrogens is 815 g/mol. The zero-order valence-electron chi connectivity index (χ0n) is 36.1. The molecule has 0 N–H and O–H groups in total. The van der Waals surface area contributed by atoms with Crippen molar-refractivity contribution in [1.29, 1.82) is 0 Å². The first kappa shape index (κ1) is 47.8. The molecule has 0 spiro atoms. The highest BCUT2D eigenvalue weighted by Gasteiger charge is 2.50. The molecule has 0 heterocycles. The Bertz CT molecular complexity index is 1900. The first-order valence-electron chi connectivity index (χ1n) is 21.9. The lowest BCUT2D eigenvalue weighted by molar-refractivity contribution is 0.0128. The van der Waals surface area contributed by atoms with Crippen LogP contribution in [0.4, 0.5) is 8.78 Å². The Morgan fingerprint density at radius 3 is 0.857 bits per heavy atom. The van der Waals surface area contributed by atoms with Gasteiger partial charge in [0.2, 0.25) is 0 Å². The normalized spacial score (nSPS) is 11.8. The van der Waals surface area contributed by atoms with Crippen LogP contribution in [0, 0.1) is 0 Å². The summed E-state index contributed by atoms with van der Waals surface area (Å²) in [5.41, 5.74) is 9.37. The van der Waals surface area contributed by atoms with Crippen LogP contribution in [-0.2, 0) is 50.8 Å². The second kappa shape index (κ2) is 26.8. The third kappa shape index (κ3) is 13.2. The number of benzene rings is 6. The Balaban J connectivity index is 1.43. The maximum atomic E-state index is 12.4. The van der Waals surface area contributed by atoms with Gasteiger partial charge >= 0.3 is 0 Å². The number of ether oxygens (including phenoxy) is 6. The maximum Gasteiger partial charge on any atom is 0.113 e. The SMILES string of the molecule is FCCOCCOCCOCCc1ccccc1C(SC(c1ccccc1)(c1ccccc1)c1ccccc1CCOCCOCCOCCF)(c1ccccc1)c1ccccc1. The van der Waals surface area contributed by atoms with Crippen LogP contribution in [-0.4, -0.2) is 92.6 Å². The molecule has 332 valence electrons. The van der Waals surface area contributed by atoms with Gasteiger partial charge in [-0.1, -0.05) is 170 Å². The predicted octanol–water partition coefficient (Wildman–Crippen LogP) is 10.8. The largest absolute Gasteiger partial charge is 0.379 e. The van der Waals surface area contributed by atoms with Gasteiger partial charge in [0.25, 0.3) is 0 Å². The molecule has 0 aliphatic rings. The van der Waals surface area contributed by atoms with E-state index in [4.69, 9.17) is 28.4 Å². The Morgan fingerprint density at radius 1 is 0.302 bits per heavy atom. The van der Waals surface area contributed by atoms with Crippen molar-refractivity contribution in [2.45, 2.75) is 22.3 Å². The van der Waals surface area contributed by atoms with E-state index < -0.39 is 22.8 Å². The lowest BCUT2D eigenvalue weighted by atomic mass is 9.80. The molecule has 9 heteroatoms. The summed E-state index contributed by atoms with van der Waals surface area (Å²) in [7, 11) is 0. The van der Waals surface area contributed by atoms with Gasteiger partial charge in [-0.15, -0.1) is 11.8 Å². The van der Waals surface area contributed by atoms with Crippen LogP contribution in [0.3, 0.4) is 0 Å². The fourth-order valence-corrected chi connectivity index (χ4v) is 10.0. The van der Waals surface area contributed by atoms with E-state index in [0.717, 1.165) is 22.3 Å². The Labute approximate surface area is 376 Å². The second-order valence-corrected chi connectivity index (χ2v) is 16.2. The molecule has 6 nitrogen and oxygen atoms in total. The molecule has 0 amide bonds. The zero-order valence-corrected chi connectivity index (χ0v) is 36.9. The number of thioether (sulfide) groups is 1. The molecule has 0 unspecified atom stereocenters. The van der Waals surface area contributed by atoms with Crippen LogP contribution in [0.2, 0.25) is 0 Å². The summed E-state index contributed by atoms with van der Waals surface area (Å²) in [4.78, 5) is 0. The van der Waals surface area contributed by atoms with Gasteiger partial charge in [-0.2, -0.15) is 0 Å². The van der Waals surface area contributed by atoms with Crippen LogP contribution >= 0.6 is 11.8 Å². The van der Waals surface area contributed by atoms with Crippen molar-refractivity contribution in [3.63, 3.8) is 0 Å². The zero-order chi connectivity index (χ0) is 43.7. The molecule has 0 saturated heterocycles. The smallest absolute Gasteiger partial charge is 0.113 e. The molecule has 6 rings (SSSR count). The minimum absolute atomic E-state index is 0.0870. The number of halogens is 2. The lowest BCUT2D eigenvalue weighted by Crippen LogP contribution is -2.37. The summed E-state index contributed by atoms with van der Waals surface area (Å²) in [6.07, 6.45) is 1.37. The monoisotopic (exact) mass is 874 g/mol. The second-order valence-electron chi connectivity index (χ2n) is 14.8. The quantitative estimate of drug-likeness (QED) is 0.0330. The van der Waals surface area contributed by atoms with Crippen molar-refractivity contribution in [2.24, 2.45) is 0 Å². The number of alkyl halides is 2. The Kier molecular flexibility index (Phi) is 20.3. The molecular formula is C54H60F2O6S. The summed E-state index contributed by atoms with van der Waals surface area (Å²) >= 11 is 1.96. The summed E-state index contributed by atoms with van der Waals surface area (Å²) < 4.78 is 57.4. The Morgan fingerprint density at radius 2 is 0.556 bits per heavy atom. The molecule has 0 bridgehead atoms.